The summed E-state index contributed by atoms with van der Waals surface area (Å²) in [6.07, 6.45) is 0. The van der Waals surface area contributed by atoms with Crippen LogP contribution in [0, 0.1) is 13.8 Å². The topological polar surface area (TPSA) is 111 Å². The van der Waals surface area contributed by atoms with Gasteiger partial charge >= 0.3 is 0 Å². The van der Waals surface area contributed by atoms with Crippen molar-refractivity contribution in [2.45, 2.75) is 24.6 Å². The lowest BCUT2D eigenvalue weighted by atomic mass is 10.4. The second-order valence-corrected chi connectivity index (χ2v) is 7.81. The average Bonchev–Trinajstić information content (AvgIpc) is 3.16. The predicted octanol–water partition coefficient (Wildman–Crippen LogP) is 1.88. The Bertz CT molecular complexity index is 894. The second kappa shape index (κ2) is 5.63. The number of sulfonamides is 1. The Balaban J connectivity index is 1.71. The van der Waals surface area contributed by atoms with E-state index < -0.39 is 10.0 Å². The summed E-state index contributed by atoms with van der Waals surface area (Å²) < 4.78 is 36.7. The highest BCUT2D eigenvalue weighted by Gasteiger charge is 2.18. The molecule has 116 valence electrons. The van der Waals surface area contributed by atoms with Crippen LogP contribution in [-0.4, -0.2) is 23.7 Å². The number of nitrogens with one attached hydrogen (secondary N) is 1. The third kappa shape index (κ3) is 3.08. The summed E-state index contributed by atoms with van der Waals surface area (Å²) >= 11 is 1.20. The molecule has 1 N–H and O–H groups in total. The first-order valence-corrected chi connectivity index (χ1v) is 8.56. The van der Waals surface area contributed by atoms with E-state index in [2.05, 4.69) is 20.0 Å². The Morgan fingerprint density at radius 3 is 2.68 bits per heavy atom. The lowest BCUT2D eigenvalue weighted by molar-refractivity contribution is 0.374. The van der Waals surface area contributed by atoms with E-state index in [1.807, 2.05) is 6.92 Å². The van der Waals surface area contributed by atoms with Gasteiger partial charge in [-0.25, -0.2) is 13.1 Å². The van der Waals surface area contributed by atoms with Crippen LogP contribution in [0.4, 0.5) is 0 Å². The first-order valence-electron chi connectivity index (χ1n) is 6.26. The van der Waals surface area contributed by atoms with Crippen LogP contribution >= 0.6 is 11.3 Å². The first-order chi connectivity index (χ1) is 10.4. The van der Waals surface area contributed by atoms with Gasteiger partial charge in [0.2, 0.25) is 11.7 Å². The lowest BCUT2D eigenvalue weighted by Gasteiger charge is -2.00. The molecule has 0 amide bonds. The first kappa shape index (κ1) is 14.9. The van der Waals surface area contributed by atoms with Crippen molar-refractivity contribution in [3.05, 3.63) is 34.7 Å². The molecule has 8 nitrogen and oxygen atoms in total. The van der Waals surface area contributed by atoms with Crippen LogP contribution in [0.15, 0.2) is 31.5 Å². The number of rotatable bonds is 5. The summed E-state index contributed by atoms with van der Waals surface area (Å²) in [6.45, 7) is 3.49. The molecule has 0 radical (unpaired) electrons. The van der Waals surface area contributed by atoms with E-state index in [1.54, 1.807) is 25.1 Å². The van der Waals surface area contributed by atoms with Gasteiger partial charge in [-0.3, -0.25) is 0 Å². The molecule has 22 heavy (non-hydrogen) atoms. The van der Waals surface area contributed by atoms with E-state index >= 15 is 0 Å². The molecular weight excluding hydrogens is 328 g/mol. The standard InChI is InChI=1S/C12H12N4O4S2/c1-7-5-9(15-19-7)12-14-10(20-16-12)6-13-22(17,18)11-4-3-8(2)21-11/h3-5,13H,6H2,1-2H3. The minimum Gasteiger partial charge on any atom is -0.361 e. The Hall–Kier alpha value is -2.04. The number of thiophene rings is 1. The van der Waals surface area contributed by atoms with E-state index in [9.17, 15) is 8.42 Å². The molecule has 0 aliphatic carbocycles. The third-order valence-corrected chi connectivity index (χ3v) is 5.61. The van der Waals surface area contributed by atoms with Crippen LogP contribution in [0.1, 0.15) is 16.5 Å². The van der Waals surface area contributed by atoms with Crippen molar-refractivity contribution in [2.24, 2.45) is 0 Å². The number of hydrogen-bond acceptors (Lipinski definition) is 8. The van der Waals surface area contributed by atoms with Gasteiger partial charge in [0.05, 0.1) is 6.54 Å². The summed E-state index contributed by atoms with van der Waals surface area (Å²) in [5, 5.41) is 7.50. The average molecular weight is 340 g/mol. The Kier molecular flexibility index (Phi) is 3.81. The van der Waals surface area contributed by atoms with Crippen molar-refractivity contribution >= 4 is 21.4 Å². The van der Waals surface area contributed by atoms with Gasteiger partial charge in [0.25, 0.3) is 10.0 Å². The molecule has 0 fully saturated rings. The van der Waals surface area contributed by atoms with Gasteiger partial charge in [0, 0.05) is 10.9 Å². The molecule has 0 unspecified atom stereocenters. The van der Waals surface area contributed by atoms with Crippen LogP contribution < -0.4 is 4.72 Å². The van der Waals surface area contributed by atoms with E-state index in [-0.39, 0.29) is 22.5 Å². The van der Waals surface area contributed by atoms with Crippen molar-refractivity contribution in [1.29, 1.82) is 0 Å². The number of nitrogens with zero attached hydrogens (tertiary/aromatic N) is 3. The van der Waals surface area contributed by atoms with Gasteiger partial charge in [0.15, 0.2) is 5.69 Å². The highest BCUT2D eigenvalue weighted by atomic mass is 32.2. The highest BCUT2D eigenvalue weighted by molar-refractivity contribution is 7.91. The van der Waals surface area contributed by atoms with Crippen molar-refractivity contribution in [2.75, 3.05) is 0 Å². The fourth-order valence-electron chi connectivity index (χ4n) is 1.69. The molecule has 3 aromatic rings. The number of aromatic nitrogens is 3. The minimum absolute atomic E-state index is 0.0941. The summed E-state index contributed by atoms with van der Waals surface area (Å²) in [5.41, 5.74) is 0.434. The molecule has 3 heterocycles. The smallest absolute Gasteiger partial charge is 0.250 e. The molecule has 0 saturated heterocycles. The molecular formula is C12H12N4O4S2. The molecule has 0 spiro atoms. The zero-order valence-corrected chi connectivity index (χ0v) is 13.4. The molecule has 3 aromatic heterocycles. The largest absolute Gasteiger partial charge is 0.361 e. The molecule has 0 aromatic carbocycles. The number of hydrogen-bond donors (Lipinski definition) is 1. The maximum atomic E-state index is 12.1. The summed E-state index contributed by atoms with van der Waals surface area (Å²) in [4.78, 5) is 4.99. The van der Waals surface area contributed by atoms with E-state index in [0.29, 0.717) is 11.5 Å². The summed E-state index contributed by atoms with van der Waals surface area (Å²) in [6, 6.07) is 4.96. The second-order valence-electron chi connectivity index (χ2n) is 4.52. The molecule has 10 heteroatoms. The van der Waals surface area contributed by atoms with Gasteiger partial charge in [-0.1, -0.05) is 10.3 Å². The monoisotopic (exact) mass is 340 g/mol. The van der Waals surface area contributed by atoms with Crippen LogP contribution in [-0.2, 0) is 16.6 Å². The van der Waals surface area contributed by atoms with Gasteiger partial charge in [-0.2, -0.15) is 4.98 Å². The Morgan fingerprint density at radius 1 is 1.23 bits per heavy atom. The normalized spacial score (nSPS) is 11.9. The summed E-state index contributed by atoms with van der Waals surface area (Å²) in [7, 11) is -3.58. The molecule has 3 rings (SSSR count). The van der Waals surface area contributed by atoms with Crippen molar-refractivity contribution in [3.8, 4) is 11.5 Å². The van der Waals surface area contributed by atoms with Gasteiger partial charge < -0.3 is 9.05 Å². The van der Waals surface area contributed by atoms with E-state index in [4.69, 9.17) is 9.05 Å². The quantitative estimate of drug-likeness (QED) is 0.754. The fraction of sp³-hybridized carbons (Fsp3) is 0.250. The predicted molar refractivity (Wildman–Crippen MR) is 77.6 cm³/mol. The summed E-state index contributed by atoms with van der Waals surface area (Å²) in [5.74, 6) is 1.01. The molecule has 0 atom stereocenters. The van der Waals surface area contributed by atoms with Gasteiger partial charge in [0.1, 0.15) is 9.97 Å². The zero-order chi connectivity index (χ0) is 15.7. The van der Waals surface area contributed by atoms with E-state index in [1.165, 1.54) is 11.3 Å². The van der Waals surface area contributed by atoms with Crippen LogP contribution in [0.2, 0.25) is 0 Å². The van der Waals surface area contributed by atoms with Crippen LogP contribution in [0.5, 0.6) is 0 Å². The Labute approximate surface area is 130 Å². The van der Waals surface area contributed by atoms with Crippen LogP contribution in [0.3, 0.4) is 0 Å². The third-order valence-electron chi connectivity index (χ3n) is 2.72. The van der Waals surface area contributed by atoms with Crippen molar-refractivity contribution in [1.82, 2.24) is 20.0 Å². The highest BCUT2D eigenvalue weighted by Crippen LogP contribution is 2.21. The fourth-order valence-corrected chi connectivity index (χ4v) is 3.99. The van der Waals surface area contributed by atoms with Crippen molar-refractivity contribution in [3.63, 3.8) is 0 Å². The number of aryl methyl sites for hydroxylation is 2. The molecule has 0 saturated carbocycles. The molecule has 0 bridgehead atoms. The van der Waals surface area contributed by atoms with Crippen LogP contribution in [0.25, 0.3) is 11.5 Å². The SMILES string of the molecule is Cc1cc(-c2noc(CNS(=O)(=O)c3ccc(C)s3)n2)no1. The van der Waals surface area contributed by atoms with E-state index in [0.717, 1.165) is 4.88 Å². The zero-order valence-electron chi connectivity index (χ0n) is 11.7. The maximum Gasteiger partial charge on any atom is 0.250 e. The lowest BCUT2D eigenvalue weighted by Crippen LogP contribution is -2.22. The molecule has 0 aliphatic rings. The van der Waals surface area contributed by atoms with Gasteiger partial charge in [-0.05, 0) is 26.0 Å². The van der Waals surface area contributed by atoms with Crippen molar-refractivity contribution < 1.29 is 17.5 Å². The Morgan fingerprint density at radius 2 is 2.05 bits per heavy atom. The van der Waals surface area contributed by atoms with Gasteiger partial charge in [-0.15, -0.1) is 11.3 Å². The molecule has 0 aliphatic heterocycles. The minimum atomic E-state index is -3.58. The maximum absolute atomic E-state index is 12.1.